The molecule has 0 saturated carbocycles. The molecule has 19 heavy (non-hydrogen) atoms. The summed E-state index contributed by atoms with van der Waals surface area (Å²) in [6.45, 7) is 0.320. The van der Waals surface area contributed by atoms with E-state index < -0.39 is 10.0 Å². The summed E-state index contributed by atoms with van der Waals surface area (Å²) < 4.78 is 27.5. The molecule has 0 amide bonds. The number of nitrogens with one attached hydrogen (secondary N) is 1. The molecule has 0 radical (unpaired) electrons. The molecule has 0 aliphatic heterocycles. The number of halogens is 2. The van der Waals surface area contributed by atoms with Crippen molar-refractivity contribution in [2.24, 2.45) is 5.73 Å². The molecule has 102 valence electrons. The van der Waals surface area contributed by atoms with Crippen LogP contribution < -0.4 is 10.5 Å². The molecule has 1 aromatic heterocycles. The summed E-state index contributed by atoms with van der Waals surface area (Å²) in [6, 6.07) is 6.45. The zero-order chi connectivity index (χ0) is 14.0. The summed E-state index contributed by atoms with van der Waals surface area (Å²) >= 11 is 10.4. The number of sulfonamides is 1. The van der Waals surface area contributed by atoms with Gasteiger partial charge in [-0.25, -0.2) is 8.42 Å². The van der Waals surface area contributed by atoms with Gasteiger partial charge in [0.2, 0.25) is 0 Å². The lowest BCUT2D eigenvalue weighted by atomic mass is 10.3. The van der Waals surface area contributed by atoms with Crippen LogP contribution in [0.15, 0.2) is 39.0 Å². The van der Waals surface area contributed by atoms with Crippen LogP contribution in [-0.4, -0.2) is 8.42 Å². The average Bonchev–Trinajstić information content (AvgIpc) is 2.83. The first-order chi connectivity index (χ1) is 8.92. The van der Waals surface area contributed by atoms with Gasteiger partial charge in [-0.1, -0.05) is 11.6 Å². The molecule has 1 heterocycles. The van der Waals surface area contributed by atoms with Crippen molar-refractivity contribution in [3.8, 4) is 0 Å². The largest absolute Gasteiger partial charge is 0.326 e. The third-order valence-electron chi connectivity index (χ3n) is 2.31. The van der Waals surface area contributed by atoms with Crippen LogP contribution in [0.3, 0.4) is 0 Å². The van der Waals surface area contributed by atoms with Gasteiger partial charge in [0.05, 0.1) is 10.6 Å². The van der Waals surface area contributed by atoms with Gasteiger partial charge in [-0.3, -0.25) is 4.72 Å². The Bertz CT molecular complexity index is 700. The van der Waals surface area contributed by atoms with E-state index in [1.165, 1.54) is 11.3 Å². The highest BCUT2D eigenvalue weighted by Crippen LogP contribution is 2.29. The molecule has 0 spiro atoms. The van der Waals surface area contributed by atoms with Crippen LogP contribution in [-0.2, 0) is 16.6 Å². The first kappa shape index (κ1) is 14.8. The smallest absolute Gasteiger partial charge is 0.262 e. The molecule has 0 fully saturated rings. The molecule has 8 heteroatoms. The Morgan fingerprint density at radius 2 is 2.11 bits per heavy atom. The van der Waals surface area contributed by atoms with Gasteiger partial charge in [0.25, 0.3) is 10.0 Å². The van der Waals surface area contributed by atoms with Crippen molar-refractivity contribution in [1.82, 2.24) is 0 Å². The lowest BCUT2D eigenvalue weighted by molar-refractivity contribution is 0.601. The van der Waals surface area contributed by atoms with Gasteiger partial charge in [0, 0.05) is 26.3 Å². The lowest BCUT2D eigenvalue weighted by Gasteiger charge is -2.08. The second-order valence-electron chi connectivity index (χ2n) is 3.68. The van der Waals surface area contributed by atoms with Crippen LogP contribution in [0.2, 0.25) is 5.02 Å². The predicted molar refractivity (Wildman–Crippen MR) is 82.2 cm³/mol. The van der Waals surface area contributed by atoms with Crippen molar-refractivity contribution in [1.29, 1.82) is 0 Å². The SMILES string of the molecule is NCc1cc(S(=O)(=O)Nc2cc(Cl)ccc2Br)cs1. The Balaban J connectivity index is 2.33. The van der Waals surface area contributed by atoms with Crippen molar-refractivity contribution in [2.45, 2.75) is 11.4 Å². The lowest BCUT2D eigenvalue weighted by Crippen LogP contribution is -2.12. The normalized spacial score (nSPS) is 11.5. The Morgan fingerprint density at radius 3 is 2.74 bits per heavy atom. The summed E-state index contributed by atoms with van der Waals surface area (Å²) in [7, 11) is -3.63. The van der Waals surface area contributed by atoms with Crippen LogP contribution in [0.25, 0.3) is 0 Å². The minimum absolute atomic E-state index is 0.199. The first-order valence-electron chi connectivity index (χ1n) is 5.18. The Labute approximate surface area is 128 Å². The number of hydrogen-bond acceptors (Lipinski definition) is 4. The summed E-state index contributed by atoms with van der Waals surface area (Å²) in [5.41, 5.74) is 5.87. The van der Waals surface area contributed by atoms with E-state index in [2.05, 4.69) is 20.7 Å². The summed E-state index contributed by atoms with van der Waals surface area (Å²) in [5, 5.41) is 2.01. The maximum Gasteiger partial charge on any atom is 0.262 e. The fraction of sp³-hybridized carbons (Fsp3) is 0.0909. The molecule has 0 atom stereocenters. The van der Waals surface area contributed by atoms with Gasteiger partial charge < -0.3 is 5.73 Å². The third-order valence-corrected chi connectivity index (χ3v) is 5.69. The van der Waals surface area contributed by atoms with Crippen molar-refractivity contribution in [2.75, 3.05) is 4.72 Å². The van der Waals surface area contributed by atoms with Gasteiger partial charge in [-0.2, -0.15) is 0 Å². The molecule has 0 aliphatic rings. The molecule has 1 aromatic carbocycles. The van der Waals surface area contributed by atoms with Gasteiger partial charge >= 0.3 is 0 Å². The number of anilines is 1. The molecule has 3 N–H and O–H groups in total. The van der Waals surface area contributed by atoms with E-state index in [0.29, 0.717) is 21.7 Å². The minimum atomic E-state index is -3.63. The van der Waals surface area contributed by atoms with Crippen LogP contribution >= 0.6 is 38.9 Å². The quantitative estimate of drug-likeness (QED) is 0.852. The van der Waals surface area contributed by atoms with Gasteiger partial charge in [0.15, 0.2) is 0 Å². The topological polar surface area (TPSA) is 72.2 Å². The molecule has 0 bridgehead atoms. The molecule has 2 rings (SSSR count). The zero-order valence-corrected chi connectivity index (χ0v) is 13.5. The molecule has 0 saturated heterocycles. The highest BCUT2D eigenvalue weighted by atomic mass is 79.9. The van der Waals surface area contributed by atoms with Crippen molar-refractivity contribution < 1.29 is 8.42 Å². The van der Waals surface area contributed by atoms with Gasteiger partial charge in [-0.05, 0) is 40.2 Å². The summed E-state index contributed by atoms with van der Waals surface area (Å²) in [5.74, 6) is 0. The number of rotatable bonds is 4. The van der Waals surface area contributed by atoms with Crippen molar-refractivity contribution in [3.05, 3.63) is 44.0 Å². The second-order valence-corrected chi connectivity index (χ2v) is 7.65. The highest BCUT2D eigenvalue weighted by molar-refractivity contribution is 9.10. The van der Waals surface area contributed by atoms with Crippen LogP contribution in [0, 0.1) is 0 Å². The molecule has 0 aliphatic carbocycles. The van der Waals surface area contributed by atoms with Crippen LogP contribution in [0.4, 0.5) is 5.69 Å². The maximum absolute atomic E-state index is 12.2. The van der Waals surface area contributed by atoms with Crippen LogP contribution in [0.5, 0.6) is 0 Å². The zero-order valence-electron chi connectivity index (χ0n) is 9.56. The van der Waals surface area contributed by atoms with Crippen LogP contribution in [0.1, 0.15) is 4.88 Å². The van der Waals surface area contributed by atoms with E-state index in [4.69, 9.17) is 17.3 Å². The van der Waals surface area contributed by atoms with E-state index in [9.17, 15) is 8.42 Å². The Hall–Kier alpha value is -0.600. The van der Waals surface area contributed by atoms with Gasteiger partial charge in [-0.15, -0.1) is 11.3 Å². The summed E-state index contributed by atoms with van der Waals surface area (Å²) in [6.07, 6.45) is 0. The van der Waals surface area contributed by atoms with Gasteiger partial charge in [0.1, 0.15) is 0 Å². The highest BCUT2D eigenvalue weighted by Gasteiger charge is 2.17. The standard InChI is InChI=1S/C11H10BrClN2O2S2/c12-10-2-1-7(13)3-11(10)15-19(16,17)9-4-8(5-14)18-6-9/h1-4,6,15H,5,14H2. The molecule has 4 nitrogen and oxygen atoms in total. The molecular weight excluding hydrogens is 372 g/mol. The minimum Gasteiger partial charge on any atom is -0.326 e. The fourth-order valence-electron chi connectivity index (χ4n) is 1.39. The van der Waals surface area contributed by atoms with E-state index in [1.54, 1.807) is 29.6 Å². The van der Waals surface area contributed by atoms with Crippen molar-refractivity contribution >= 4 is 54.6 Å². The fourth-order valence-corrected chi connectivity index (χ4v) is 4.26. The monoisotopic (exact) mass is 380 g/mol. The van der Waals surface area contributed by atoms with E-state index in [0.717, 1.165) is 4.88 Å². The number of hydrogen-bond donors (Lipinski definition) is 2. The first-order valence-corrected chi connectivity index (χ1v) is 8.71. The number of thiophene rings is 1. The van der Waals surface area contributed by atoms with E-state index >= 15 is 0 Å². The van der Waals surface area contributed by atoms with E-state index in [-0.39, 0.29) is 4.90 Å². The van der Waals surface area contributed by atoms with Crippen molar-refractivity contribution in [3.63, 3.8) is 0 Å². The molecule has 2 aromatic rings. The Kier molecular flexibility index (Phi) is 4.52. The Morgan fingerprint density at radius 1 is 1.37 bits per heavy atom. The molecule has 0 unspecified atom stereocenters. The van der Waals surface area contributed by atoms with E-state index in [1.807, 2.05) is 0 Å². The average molecular weight is 382 g/mol. The molecular formula is C11H10BrClN2O2S2. The second kappa shape index (κ2) is 5.80. The third kappa shape index (κ3) is 3.49. The number of nitrogens with two attached hydrogens (primary N) is 1. The predicted octanol–water partition coefficient (Wildman–Crippen LogP) is 3.42. The maximum atomic E-state index is 12.2. The summed E-state index contributed by atoms with van der Waals surface area (Å²) in [4.78, 5) is 1.01. The number of benzene rings is 1.